The third kappa shape index (κ3) is 3.52. The van der Waals surface area contributed by atoms with Crippen molar-refractivity contribution in [1.82, 2.24) is 0 Å². The lowest BCUT2D eigenvalue weighted by molar-refractivity contribution is 0.417. The third-order valence-corrected chi connectivity index (χ3v) is 3.60. The first-order chi connectivity index (χ1) is 7.69. The second kappa shape index (κ2) is 6.53. The van der Waals surface area contributed by atoms with Gasteiger partial charge in [-0.1, -0.05) is 13.0 Å². The molecule has 1 aromatic carbocycles. The van der Waals surface area contributed by atoms with E-state index in [-0.39, 0.29) is 0 Å². The molecule has 0 heterocycles. The van der Waals surface area contributed by atoms with Gasteiger partial charge in [0.1, 0.15) is 5.75 Å². The molecule has 0 saturated carbocycles. The van der Waals surface area contributed by atoms with Gasteiger partial charge < -0.3 is 15.8 Å². The van der Waals surface area contributed by atoms with Crippen molar-refractivity contribution >= 4 is 23.1 Å². The number of anilines is 2. The van der Waals surface area contributed by atoms with E-state index in [0.717, 1.165) is 24.4 Å². The maximum Gasteiger partial charge on any atom is 0.143 e. The van der Waals surface area contributed by atoms with Gasteiger partial charge in [-0.15, -0.1) is 0 Å². The number of thioether (sulfide) groups is 1. The van der Waals surface area contributed by atoms with E-state index in [1.165, 1.54) is 0 Å². The van der Waals surface area contributed by atoms with Crippen molar-refractivity contribution in [3.8, 4) is 5.75 Å². The van der Waals surface area contributed by atoms with Crippen molar-refractivity contribution in [1.29, 1.82) is 0 Å². The molecule has 0 bridgehead atoms. The van der Waals surface area contributed by atoms with Gasteiger partial charge in [0.2, 0.25) is 0 Å². The van der Waals surface area contributed by atoms with Crippen molar-refractivity contribution in [2.24, 2.45) is 0 Å². The molecule has 0 aliphatic heterocycles. The van der Waals surface area contributed by atoms with Crippen LogP contribution in [0.25, 0.3) is 0 Å². The molecule has 0 aliphatic carbocycles. The lowest BCUT2D eigenvalue weighted by Gasteiger charge is -2.13. The van der Waals surface area contributed by atoms with Crippen molar-refractivity contribution in [3.63, 3.8) is 0 Å². The second-order valence-corrected chi connectivity index (χ2v) is 4.96. The molecular formula is C12H20N2OS. The van der Waals surface area contributed by atoms with Gasteiger partial charge in [0, 0.05) is 11.8 Å². The van der Waals surface area contributed by atoms with Crippen LogP contribution < -0.4 is 15.8 Å². The Bertz CT molecular complexity index is 331. The van der Waals surface area contributed by atoms with E-state index in [1.54, 1.807) is 7.11 Å². The maximum absolute atomic E-state index is 5.95. The summed E-state index contributed by atoms with van der Waals surface area (Å²) in [5, 5.41) is 4.00. The Morgan fingerprint density at radius 1 is 1.50 bits per heavy atom. The van der Waals surface area contributed by atoms with Crippen LogP contribution >= 0.6 is 11.8 Å². The maximum atomic E-state index is 5.95. The molecule has 16 heavy (non-hydrogen) atoms. The van der Waals surface area contributed by atoms with E-state index < -0.39 is 0 Å². The summed E-state index contributed by atoms with van der Waals surface area (Å²) in [6.07, 6.45) is 3.25. The fourth-order valence-electron chi connectivity index (χ4n) is 1.40. The van der Waals surface area contributed by atoms with Crippen LogP contribution in [0.15, 0.2) is 18.2 Å². The lowest BCUT2D eigenvalue weighted by Crippen LogP contribution is -2.09. The predicted molar refractivity (Wildman–Crippen MR) is 73.5 cm³/mol. The third-order valence-electron chi connectivity index (χ3n) is 2.55. The highest BCUT2D eigenvalue weighted by molar-refractivity contribution is 7.99. The highest BCUT2D eigenvalue weighted by atomic mass is 32.2. The molecule has 0 aliphatic rings. The van der Waals surface area contributed by atoms with Crippen LogP contribution in [0.2, 0.25) is 0 Å². The second-order valence-electron chi connectivity index (χ2n) is 3.68. The van der Waals surface area contributed by atoms with E-state index in [9.17, 15) is 0 Å². The average molecular weight is 240 g/mol. The Morgan fingerprint density at radius 2 is 2.25 bits per heavy atom. The number of benzene rings is 1. The van der Waals surface area contributed by atoms with Gasteiger partial charge in [-0.25, -0.2) is 0 Å². The SMILES string of the molecule is COc1cccc(NCCC(C)SC)c1N. The summed E-state index contributed by atoms with van der Waals surface area (Å²) in [7, 11) is 1.63. The molecule has 1 rings (SSSR count). The number of methoxy groups -OCH3 is 1. The van der Waals surface area contributed by atoms with Gasteiger partial charge in [0.25, 0.3) is 0 Å². The van der Waals surface area contributed by atoms with Gasteiger partial charge in [-0.05, 0) is 24.8 Å². The zero-order chi connectivity index (χ0) is 12.0. The van der Waals surface area contributed by atoms with Crippen LogP contribution in [0.5, 0.6) is 5.75 Å². The molecule has 90 valence electrons. The van der Waals surface area contributed by atoms with Crippen LogP contribution in [-0.4, -0.2) is 25.2 Å². The Kier molecular flexibility index (Phi) is 5.32. The number of ether oxygens (including phenoxy) is 1. The minimum Gasteiger partial charge on any atom is -0.495 e. The Labute approximate surface area is 102 Å². The first-order valence-electron chi connectivity index (χ1n) is 5.38. The summed E-state index contributed by atoms with van der Waals surface area (Å²) in [6.45, 7) is 3.15. The van der Waals surface area contributed by atoms with Crippen molar-refractivity contribution in [2.75, 3.05) is 31.0 Å². The molecule has 0 spiro atoms. The van der Waals surface area contributed by atoms with Crippen LogP contribution in [0.3, 0.4) is 0 Å². The summed E-state index contributed by atoms with van der Waals surface area (Å²) in [5.41, 5.74) is 7.58. The van der Waals surface area contributed by atoms with Crippen molar-refractivity contribution in [2.45, 2.75) is 18.6 Å². The number of hydrogen-bond acceptors (Lipinski definition) is 4. The molecule has 1 aromatic rings. The smallest absolute Gasteiger partial charge is 0.143 e. The molecule has 4 heteroatoms. The first kappa shape index (κ1) is 13.0. The summed E-state index contributed by atoms with van der Waals surface area (Å²) < 4.78 is 5.17. The molecule has 3 N–H and O–H groups in total. The lowest BCUT2D eigenvalue weighted by atomic mass is 10.2. The number of nitrogens with one attached hydrogen (secondary N) is 1. The largest absolute Gasteiger partial charge is 0.495 e. The van der Waals surface area contributed by atoms with Gasteiger partial charge in [0.15, 0.2) is 0 Å². The molecule has 0 aromatic heterocycles. The van der Waals surface area contributed by atoms with E-state index in [0.29, 0.717) is 10.9 Å². The highest BCUT2D eigenvalue weighted by Gasteiger charge is 2.05. The van der Waals surface area contributed by atoms with Crippen LogP contribution in [-0.2, 0) is 0 Å². The number of rotatable bonds is 6. The number of nitrogens with two attached hydrogens (primary N) is 1. The van der Waals surface area contributed by atoms with E-state index in [2.05, 4.69) is 18.5 Å². The molecule has 0 radical (unpaired) electrons. The molecule has 0 amide bonds. The Balaban J connectivity index is 2.54. The standard InChI is InChI=1S/C12H20N2OS/c1-9(16-3)7-8-14-10-5-4-6-11(15-2)12(10)13/h4-6,9,14H,7-8,13H2,1-3H3. The first-order valence-corrected chi connectivity index (χ1v) is 6.67. The van der Waals surface area contributed by atoms with E-state index >= 15 is 0 Å². The molecule has 3 nitrogen and oxygen atoms in total. The summed E-state index contributed by atoms with van der Waals surface area (Å²) >= 11 is 1.88. The zero-order valence-electron chi connectivity index (χ0n) is 10.1. The minimum atomic E-state index is 0.666. The average Bonchev–Trinajstić information content (AvgIpc) is 2.31. The minimum absolute atomic E-state index is 0.666. The molecular weight excluding hydrogens is 220 g/mol. The molecule has 1 atom stereocenters. The topological polar surface area (TPSA) is 47.3 Å². The fraction of sp³-hybridized carbons (Fsp3) is 0.500. The Morgan fingerprint density at radius 3 is 2.88 bits per heavy atom. The molecule has 1 unspecified atom stereocenters. The van der Waals surface area contributed by atoms with Crippen LogP contribution in [0.4, 0.5) is 11.4 Å². The van der Waals surface area contributed by atoms with Crippen molar-refractivity contribution in [3.05, 3.63) is 18.2 Å². The highest BCUT2D eigenvalue weighted by Crippen LogP contribution is 2.28. The quantitative estimate of drug-likeness (QED) is 0.751. The van der Waals surface area contributed by atoms with E-state index in [1.807, 2.05) is 30.0 Å². The molecule has 0 fully saturated rings. The molecule has 0 saturated heterocycles. The van der Waals surface area contributed by atoms with Gasteiger partial charge in [-0.2, -0.15) is 11.8 Å². The van der Waals surface area contributed by atoms with Crippen LogP contribution in [0, 0.1) is 0 Å². The van der Waals surface area contributed by atoms with Gasteiger partial charge in [0.05, 0.1) is 18.5 Å². The summed E-state index contributed by atoms with van der Waals surface area (Å²) in [6, 6.07) is 5.78. The van der Waals surface area contributed by atoms with E-state index in [4.69, 9.17) is 10.5 Å². The number of nitrogen functional groups attached to an aromatic ring is 1. The summed E-state index contributed by atoms with van der Waals surface area (Å²) in [4.78, 5) is 0. The summed E-state index contributed by atoms with van der Waals surface area (Å²) in [5.74, 6) is 0.725. The Hall–Kier alpha value is -1.03. The van der Waals surface area contributed by atoms with Crippen molar-refractivity contribution < 1.29 is 4.74 Å². The normalized spacial score (nSPS) is 12.2. The fourth-order valence-corrected chi connectivity index (χ4v) is 1.76. The predicted octanol–water partition coefficient (Wildman–Crippen LogP) is 2.83. The monoisotopic (exact) mass is 240 g/mol. The zero-order valence-corrected chi connectivity index (χ0v) is 10.9. The van der Waals surface area contributed by atoms with Gasteiger partial charge >= 0.3 is 0 Å². The number of hydrogen-bond donors (Lipinski definition) is 2. The number of para-hydroxylation sites is 1. The van der Waals surface area contributed by atoms with Crippen LogP contribution in [0.1, 0.15) is 13.3 Å². The van der Waals surface area contributed by atoms with Gasteiger partial charge in [-0.3, -0.25) is 0 Å².